The van der Waals surface area contributed by atoms with Crippen molar-refractivity contribution < 1.29 is 22.4 Å². The SMILES string of the molecule is CN1CC[C@H](N(C)c2ccc(C(F)(F)F)cc2NC(=O)c2cc(F)cc(-c3cnc(N)nc3)c2)C1. The van der Waals surface area contributed by atoms with Gasteiger partial charge in [0.15, 0.2) is 0 Å². The second kappa shape index (κ2) is 9.49. The van der Waals surface area contributed by atoms with Gasteiger partial charge in [-0.2, -0.15) is 13.2 Å². The Morgan fingerprint density at radius 3 is 2.49 bits per heavy atom. The molecule has 1 aliphatic heterocycles. The van der Waals surface area contributed by atoms with Crippen LogP contribution in [0.25, 0.3) is 11.1 Å². The summed E-state index contributed by atoms with van der Waals surface area (Å²) in [7, 11) is 3.75. The minimum atomic E-state index is -4.59. The van der Waals surface area contributed by atoms with E-state index in [2.05, 4.69) is 20.2 Å². The smallest absolute Gasteiger partial charge is 0.369 e. The molecule has 11 heteroatoms. The van der Waals surface area contributed by atoms with Gasteiger partial charge in [0, 0.05) is 43.2 Å². The third-order valence-corrected chi connectivity index (χ3v) is 6.03. The number of carbonyl (C=O) groups excluding carboxylic acids is 1. The molecule has 0 aliphatic carbocycles. The monoisotopic (exact) mass is 488 g/mol. The van der Waals surface area contributed by atoms with Gasteiger partial charge in [0.25, 0.3) is 5.91 Å². The van der Waals surface area contributed by atoms with Crippen molar-refractivity contribution in [1.82, 2.24) is 14.9 Å². The number of halogens is 4. The van der Waals surface area contributed by atoms with Crippen LogP contribution in [0.5, 0.6) is 0 Å². The molecular formula is C24H24F4N6O. The fourth-order valence-electron chi connectivity index (χ4n) is 4.11. The van der Waals surface area contributed by atoms with E-state index in [4.69, 9.17) is 5.73 Å². The van der Waals surface area contributed by atoms with Crippen LogP contribution in [-0.4, -0.2) is 54.0 Å². The summed E-state index contributed by atoms with van der Waals surface area (Å²) in [6, 6.07) is 6.93. The molecule has 1 amide bonds. The minimum Gasteiger partial charge on any atom is -0.369 e. The van der Waals surface area contributed by atoms with Crippen molar-refractivity contribution in [2.24, 2.45) is 0 Å². The lowest BCUT2D eigenvalue weighted by Crippen LogP contribution is -2.34. The van der Waals surface area contributed by atoms with Crippen molar-refractivity contribution in [2.75, 3.05) is 43.1 Å². The van der Waals surface area contributed by atoms with Gasteiger partial charge < -0.3 is 20.9 Å². The summed E-state index contributed by atoms with van der Waals surface area (Å²) in [5, 5.41) is 2.56. The first-order valence-corrected chi connectivity index (χ1v) is 10.8. The zero-order valence-electron chi connectivity index (χ0n) is 19.1. The normalized spacial score (nSPS) is 16.3. The molecule has 3 aromatic rings. The molecule has 1 saturated heterocycles. The predicted molar refractivity (Wildman–Crippen MR) is 126 cm³/mol. The first kappa shape index (κ1) is 24.4. The maximum Gasteiger partial charge on any atom is 0.416 e. The van der Waals surface area contributed by atoms with Crippen LogP contribution in [-0.2, 0) is 6.18 Å². The number of carbonyl (C=O) groups is 1. The van der Waals surface area contributed by atoms with Gasteiger partial charge in [-0.15, -0.1) is 0 Å². The van der Waals surface area contributed by atoms with Crippen molar-refractivity contribution in [3.05, 3.63) is 65.7 Å². The maximum atomic E-state index is 14.4. The number of nitrogens with zero attached hydrogens (tertiary/aromatic N) is 4. The lowest BCUT2D eigenvalue weighted by Gasteiger charge is -2.29. The number of alkyl halides is 3. The molecule has 2 aromatic carbocycles. The quantitative estimate of drug-likeness (QED) is 0.522. The number of nitrogens with two attached hydrogens (primary N) is 1. The van der Waals surface area contributed by atoms with Gasteiger partial charge in [0.2, 0.25) is 5.95 Å². The highest BCUT2D eigenvalue weighted by Gasteiger charge is 2.32. The molecule has 1 aliphatic rings. The van der Waals surface area contributed by atoms with Crippen molar-refractivity contribution in [1.29, 1.82) is 0 Å². The second-order valence-corrected chi connectivity index (χ2v) is 8.56. The van der Waals surface area contributed by atoms with Crippen LogP contribution >= 0.6 is 0 Å². The van der Waals surface area contributed by atoms with E-state index in [0.717, 1.165) is 37.7 Å². The van der Waals surface area contributed by atoms with E-state index in [9.17, 15) is 22.4 Å². The summed E-state index contributed by atoms with van der Waals surface area (Å²) in [6.45, 7) is 1.60. The third kappa shape index (κ3) is 5.51. The summed E-state index contributed by atoms with van der Waals surface area (Å²) in [5.74, 6) is -1.41. The Bertz CT molecular complexity index is 1230. The van der Waals surface area contributed by atoms with Crippen LogP contribution in [0.15, 0.2) is 48.8 Å². The number of nitrogens with one attached hydrogen (secondary N) is 1. The number of rotatable bonds is 5. The number of amides is 1. The van der Waals surface area contributed by atoms with E-state index in [1.807, 2.05) is 11.9 Å². The Kier molecular flexibility index (Phi) is 6.62. The van der Waals surface area contributed by atoms with Gasteiger partial charge in [-0.25, -0.2) is 14.4 Å². The molecule has 4 rings (SSSR count). The molecule has 0 bridgehead atoms. The second-order valence-electron chi connectivity index (χ2n) is 8.56. The van der Waals surface area contributed by atoms with E-state index in [0.29, 0.717) is 16.8 Å². The highest BCUT2D eigenvalue weighted by atomic mass is 19.4. The highest BCUT2D eigenvalue weighted by Crippen LogP contribution is 2.37. The molecule has 2 heterocycles. The van der Waals surface area contributed by atoms with Gasteiger partial charge in [-0.1, -0.05) is 0 Å². The number of aromatic nitrogens is 2. The number of likely N-dealkylation sites (N-methyl/N-ethyl adjacent to an activating group) is 2. The Labute approximate surface area is 199 Å². The van der Waals surface area contributed by atoms with E-state index in [-0.39, 0.29) is 23.2 Å². The number of hydrogen-bond acceptors (Lipinski definition) is 6. The van der Waals surface area contributed by atoms with Gasteiger partial charge in [-0.05, 0) is 62.0 Å². The largest absolute Gasteiger partial charge is 0.416 e. The first-order chi connectivity index (χ1) is 16.5. The number of anilines is 3. The summed E-state index contributed by atoms with van der Waals surface area (Å²) in [6.07, 6.45) is -0.988. The summed E-state index contributed by atoms with van der Waals surface area (Å²) in [5.41, 5.74) is 5.71. The molecule has 1 aromatic heterocycles. The number of likely N-dealkylation sites (tertiary alicyclic amines) is 1. The Morgan fingerprint density at radius 1 is 1.14 bits per heavy atom. The molecule has 7 nitrogen and oxygen atoms in total. The summed E-state index contributed by atoms with van der Waals surface area (Å²) >= 11 is 0. The Morgan fingerprint density at radius 2 is 1.86 bits per heavy atom. The van der Waals surface area contributed by atoms with Gasteiger partial charge in [0.1, 0.15) is 5.82 Å². The topological polar surface area (TPSA) is 87.4 Å². The van der Waals surface area contributed by atoms with Crippen LogP contribution in [0.1, 0.15) is 22.3 Å². The fourth-order valence-corrected chi connectivity index (χ4v) is 4.11. The molecule has 184 valence electrons. The Balaban J connectivity index is 1.68. The van der Waals surface area contributed by atoms with Crippen LogP contribution < -0.4 is 16.0 Å². The molecule has 0 radical (unpaired) electrons. The standard InChI is InChI=1S/C24H24F4N6O/c1-33-6-5-19(13-33)34(2)21-4-3-17(24(26,27)28)10-20(21)32-22(35)15-7-14(8-18(25)9-15)16-11-30-23(29)31-12-16/h3-4,7-12,19H,5-6,13H2,1-2H3,(H,32,35)(H2,29,30,31)/t19-/m0/s1. The summed E-state index contributed by atoms with van der Waals surface area (Å²) < 4.78 is 54.6. The molecule has 35 heavy (non-hydrogen) atoms. The minimum absolute atomic E-state index is 0.0106. The van der Waals surface area contributed by atoms with Crippen molar-refractivity contribution in [3.63, 3.8) is 0 Å². The average molecular weight is 488 g/mol. The number of benzene rings is 2. The molecule has 0 spiro atoms. The molecule has 3 N–H and O–H groups in total. The third-order valence-electron chi connectivity index (χ3n) is 6.03. The van der Waals surface area contributed by atoms with Gasteiger partial charge in [0.05, 0.1) is 16.9 Å². The van der Waals surface area contributed by atoms with Gasteiger partial charge in [-0.3, -0.25) is 4.79 Å². The molecule has 0 unspecified atom stereocenters. The van der Waals surface area contributed by atoms with Crippen LogP contribution in [0.4, 0.5) is 34.9 Å². The van der Waals surface area contributed by atoms with Crippen LogP contribution in [0.3, 0.4) is 0 Å². The zero-order valence-corrected chi connectivity index (χ0v) is 19.1. The number of hydrogen-bond donors (Lipinski definition) is 2. The molecule has 0 saturated carbocycles. The molecule has 1 fully saturated rings. The lowest BCUT2D eigenvalue weighted by atomic mass is 10.0. The first-order valence-electron chi connectivity index (χ1n) is 10.8. The van der Waals surface area contributed by atoms with E-state index in [1.54, 1.807) is 7.05 Å². The van der Waals surface area contributed by atoms with E-state index < -0.39 is 23.5 Å². The molecule has 1 atom stereocenters. The lowest BCUT2D eigenvalue weighted by molar-refractivity contribution is -0.137. The summed E-state index contributed by atoms with van der Waals surface area (Å²) in [4.78, 5) is 24.8. The molecular weight excluding hydrogens is 464 g/mol. The van der Waals surface area contributed by atoms with Crippen molar-refractivity contribution in [3.8, 4) is 11.1 Å². The zero-order chi connectivity index (χ0) is 25.3. The fraction of sp³-hybridized carbons (Fsp3) is 0.292. The van der Waals surface area contributed by atoms with Crippen molar-refractivity contribution >= 4 is 23.2 Å². The Hall–Kier alpha value is -3.73. The average Bonchev–Trinajstić information content (AvgIpc) is 3.24. The van der Waals surface area contributed by atoms with Crippen molar-refractivity contribution in [2.45, 2.75) is 18.6 Å². The van der Waals surface area contributed by atoms with Crippen LogP contribution in [0.2, 0.25) is 0 Å². The van der Waals surface area contributed by atoms with E-state index in [1.165, 1.54) is 30.6 Å². The maximum absolute atomic E-state index is 14.4. The number of nitrogen functional groups attached to an aromatic ring is 1. The highest BCUT2D eigenvalue weighted by molar-refractivity contribution is 6.06. The van der Waals surface area contributed by atoms with Gasteiger partial charge >= 0.3 is 6.18 Å². The van der Waals surface area contributed by atoms with E-state index >= 15 is 0 Å². The predicted octanol–water partition coefficient (Wildman–Crippen LogP) is 4.28. The van der Waals surface area contributed by atoms with Crippen LogP contribution in [0, 0.1) is 5.82 Å².